The van der Waals surface area contributed by atoms with E-state index in [0.717, 1.165) is 38.0 Å². The molecule has 0 bridgehead atoms. The molecule has 0 aromatic heterocycles. The number of nitrogens with zero attached hydrogens (tertiary/aromatic N) is 1. The fraction of sp³-hybridized carbons (Fsp3) is 0.588. The van der Waals surface area contributed by atoms with Gasteiger partial charge in [-0.15, -0.1) is 0 Å². The average molecular weight is 309 g/mol. The Bertz CT molecular complexity index is 481. The van der Waals surface area contributed by atoms with Crippen LogP contribution in [0.2, 0.25) is 0 Å². The quantitative estimate of drug-likeness (QED) is 0.573. The summed E-state index contributed by atoms with van der Waals surface area (Å²) < 4.78 is 23.9. The molecule has 0 spiro atoms. The first-order valence-electron chi connectivity index (χ1n) is 7.94. The minimum Gasteiger partial charge on any atom is -0.466 e. The molecule has 22 heavy (non-hydrogen) atoms. The van der Waals surface area contributed by atoms with Gasteiger partial charge in [-0.05, 0) is 44.0 Å². The third-order valence-corrected chi connectivity index (χ3v) is 3.78. The molecule has 2 rings (SSSR count). The maximum atomic E-state index is 13.3. The summed E-state index contributed by atoms with van der Waals surface area (Å²) in [5, 5.41) is 0. The zero-order valence-electron chi connectivity index (χ0n) is 13.1. The Labute approximate surface area is 131 Å². The van der Waals surface area contributed by atoms with Gasteiger partial charge in [-0.1, -0.05) is 12.1 Å². The highest BCUT2D eigenvalue weighted by atomic mass is 19.1. The molecule has 0 amide bonds. The second-order valence-electron chi connectivity index (χ2n) is 5.48. The highest BCUT2D eigenvalue weighted by Crippen LogP contribution is 2.23. The van der Waals surface area contributed by atoms with Crippen LogP contribution in [0.4, 0.5) is 4.39 Å². The van der Waals surface area contributed by atoms with E-state index >= 15 is 0 Å². The number of ether oxygens (including phenoxy) is 2. The Morgan fingerprint density at radius 1 is 1.45 bits per heavy atom. The van der Waals surface area contributed by atoms with Crippen molar-refractivity contribution in [1.82, 2.24) is 4.90 Å². The second kappa shape index (κ2) is 8.86. The molecule has 1 atom stereocenters. The van der Waals surface area contributed by atoms with E-state index in [9.17, 15) is 9.18 Å². The normalized spacial score (nSPS) is 19.1. The van der Waals surface area contributed by atoms with Gasteiger partial charge in [0.2, 0.25) is 0 Å². The van der Waals surface area contributed by atoms with Gasteiger partial charge in [0, 0.05) is 19.5 Å². The van der Waals surface area contributed by atoms with Gasteiger partial charge in [-0.2, -0.15) is 0 Å². The van der Waals surface area contributed by atoms with Crippen LogP contribution in [0.5, 0.6) is 0 Å². The number of benzene rings is 1. The summed E-state index contributed by atoms with van der Waals surface area (Å²) in [6, 6.07) is 6.60. The molecule has 0 saturated carbocycles. The molecule has 1 aromatic carbocycles. The topological polar surface area (TPSA) is 38.8 Å². The molecule has 1 unspecified atom stereocenters. The van der Waals surface area contributed by atoms with E-state index in [4.69, 9.17) is 9.47 Å². The van der Waals surface area contributed by atoms with E-state index < -0.39 is 0 Å². The lowest BCUT2D eigenvalue weighted by atomic mass is 10.1. The van der Waals surface area contributed by atoms with Gasteiger partial charge in [-0.25, -0.2) is 4.39 Å². The van der Waals surface area contributed by atoms with Crippen molar-refractivity contribution in [3.05, 3.63) is 35.6 Å². The fourth-order valence-corrected chi connectivity index (χ4v) is 2.65. The monoisotopic (exact) mass is 309 g/mol. The first-order chi connectivity index (χ1) is 10.7. The first kappa shape index (κ1) is 16.9. The van der Waals surface area contributed by atoms with Crippen LogP contribution < -0.4 is 0 Å². The lowest BCUT2D eigenvalue weighted by Crippen LogP contribution is -2.38. The molecule has 122 valence electrons. The number of esters is 1. The Morgan fingerprint density at radius 3 is 3.09 bits per heavy atom. The van der Waals surface area contributed by atoms with Crippen molar-refractivity contribution in [1.29, 1.82) is 0 Å². The van der Waals surface area contributed by atoms with E-state index in [-0.39, 0.29) is 17.9 Å². The summed E-state index contributed by atoms with van der Waals surface area (Å²) in [7, 11) is 0. The molecule has 5 heteroatoms. The van der Waals surface area contributed by atoms with Crippen molar-refractivity contribution in [2.24, 2.45) is 0 Å². The summed E-state index contributed by atoms with van der Waals surface area (Å²) >= 11 is 0. The Balaban J connectivity index is 1.73. The zero-order valence-corrected chi connectivity index (χ0v) is 13.1. The number of unbranched alkanes of at least 4 members (excludes halogenated alkanes) is 1. The van der Waals surface area contributed by atoms with Crippen LogP contribution in [0, 0.1) is 5.82 Å². The summed E-state index contributed by atoms with van der Waals surface area (Å²) in [6.07, 6.45) is 2.19. The van der Waals surface area contributed by atoms with Gasteiger partial charge >= 0.3 is 5.97 Å². The third kappa shape index (κ3) is 5.39. The third-order valence-electron chi connectivity index (χ3n) is 3.78. The predicted molar refractivity (Wildman–Crippen MR) is 82.0 cm³/mol. The molecule has 1 aliphatic heterocycles. The number of carbonyl (C=O) groups excluding carboxylic acids is 1. The average Bonchev–Trinajstić information content (AvgIpc) is 2.52. The molecule has 0 N–H and O–H groups in total. The Hall–Kier alpha value is -1.46. The molecule has 4 nitrogen and oxygen atoms in total. The summed E-state index contributed by atoms with van der Waals surface area (Å²) in [4.78, 5) is 13.6. The van der Waals surface area contributed by atoms with E-state index in [0.29, 0.717) is 19.6 Å². The number of rotatable bonds is 7. The molecule has 1 aliphatic rings. The van der Waals surface area contributed by atoms with E-state index in [2.05, 4.69) is 4.90 Å². The van der Waals surface area contributed by atoms with Gasteiger partial charge in [0.25, 0.3) is 0 Å². The number of hydrogen-bond donors (Lipinski definition) is 0. The van der Waals surface area contributed by atoms with E-state index in [1.54, 1.807) is 6.07 Å². The van der Waals surface area contributed by atoms with Gasteiger partial charge in [0.05, 0.1) is 19.3 Å². The first-order valence-corrected chi connectivity index (χ1v) is 7.94. The van der Waals surface area contributed by atoms with Crippen molar-refractivity contribution < 1.29 is 18.7 Å². The molecule has 1 aromatic rings. The van der Waals surface area contributed by atoms with Gasteiger partial charge < -0.3 is 9.47 Å². The fourth-order valence-electron chi connectivity index (χ4n) is 2.65. The Kier molecular flexibility index (Phi) is 6.80. The minimum absolute atomic E-state index is 0.0745. The standard InChI is InChI=1S/C17H24FNO3/c1-2-21-17(20)8-3-4-9-19-10-11-22-16(13-19)14-6-5-7-15(18)12-14/h5-7,12,16H,2-4,8-11,13H2,1H3. The van der Waals surface area contributed by atoms with Crippen molar-refractivity contribution in [2.45, 2.75) is 32.3 Å². The predicted octanol–water partition coefficient (Wildman–Crippen LogP) is 2.93. The molecule has 1 saturated heterocycles. The summed E-state index contributed by atoms with van der Waals surface area (Å²) in [5.74, 6) is -0.352. The highest BCUT2D eigenvalue weighted by molar-refractivity contribution is 5.69. The van der Waals surface area contributed by atoms with Crippen LogP contribution in [-0.4, -0.2) is 43.7 Å². The van der Waals surface area contributed by atoms with Crippen LogP contribution in [0.15, 0.2) is 24.3 Å². The van der Waals surface area contributed by atoms with Gasteiger partial charge in [-0.3, -0.25) is 9.69 Å². The SMILES string of the molecule is CCOC(=O)CCCCN1CCOC(c2cccc(F)c2)C1. The Morgan fingerprint density at radius 2 is 2.32 bits per heavy atom. The molecule has 0 radical (unpaired) electrons. The van der Waals surface area contributed by atoms with Gasteiger partial charge in [0.15, 0.2) is 0 Å². The lowest BCUT2D eigenvalue weighted by molar-refractivity contribution is -0.143. The van der Waals surface area contributed by atoms with Crippen molar-refractivity contribution >= 4 is 5.97 Å². The van der Waals surface area contributed by atoms with Crippen molar-refractivity contribution in [3.8, 4) is 0 Å². The van der Waals surface area contributed by atoms with E-state index in [1.165, 1.54) is 12.1 Å². The number of hydrogen-bond acceptors (Lipinski definition) is 4. The summed E-state index contributed by atoms with van der Waals surface area (Å²) in [6.45, 7) is 5.48. The maximum absolute atomic E-state index is 13.3. The van der Waals surface area contributed by atoms with Crippen LogP contribution in [-0.2, 0) is 14.3 Å². The number of morpholine rings is 1. The largest absolute Gasteiger partial charge is 0.466 e. The van der Waals surface area contributed by atoms with Crippen LogP contribution in [0.1, 0.15) is 37.9 Å². The lowest BCUT2D eigenvalue weighted by Gasteiger charge is -2.33. The van der Waals surface area contributed by atoms with Crippen LogP contribution in [0.3, 0.4) is 0 Å². The van der Waals surface area contributed by atoms with Crippen LogP contribution >= 0.6 is 0 Å². The summed E-state index contributed by atoms with van der Waals surface area (Å²) in [5.41, 5.74) is 0.885. The second-order valence-corrected chi connectivity index (χ2v) is 5.48. The number of carbonyl (C=O) groups is 1. The molecular formula is C17H24FNO3. The number of halogens is 1. The molecule has 1 heterocycles. The zero-order chi connectivity index (χ0) is 15.8. The molecule has 1 fully saturated rings. The van der Waals surface area contributed by atoms with Crippen molar-refractivity contribution in [3.63, 3.8) is 0 Å². The smallest absolute Gasteiger partial charge is 0.305 e. The van der Waals surface area contributed by atoms with Gasteiger partial charge in [0.1, 0.15) is 5.82 Å². The maximum Gasteiger partial charge on any atom is 0.305 e. The van der Waals surface area contributed by atoms with Crippen LogP contribution in [0.25, 0.3) is 0 Å². The van der Waals surface area contributed by atoms with E-state index in [1.807, 2.05) is 13.0 Å². The molecule has 0 aliphatic carbocycles. The molecular weight excluding hydrogens is 285 g/mol. The minimum atomic E-state index is -0.229. The van der Waals surface area contributed by atoms with Crippen molar-refractivity contribution in [2.75, 3.05) is 32.8 Å². The highest BCUT2D eigenvalue weighted by Gasteiger charge is 2.21.